The standard InChI is InChI=1S/C15H30N2O/c1-5-16-13-6-7-15(3,4)10-14(13)17-8-9-18-11-12(17)2/h12-14,16H,5-11H2,1-4H3. The summed E-state index contributed by atoms with van der Waals surface area (Å²) in [4.78, 5) is 2.69. The van der Waals surface area contributed by atoms with Gasteiger partial charge in [-0.25, -0.2) is 0 Å². The fraction of sp³-hybridized carbons (Fsp3) is 1.00. The molecule has 1 aliphatic heterocycles. The van der Waals surface area contributed by atoms with Gasteiger partial charge in [0.2, 0.25) is 0 Å². The van der Waals surface area contributed by atoms with Gasteiger partial charge in [0.25, 0.3) is 0 Å². The van der Waals surface area contributed by atoms with Gasteiger partial charge in [0.15, 0.2) is 0 Å². The van der Waals surface area contributed by atoms with E-state index in [9.17, 15) is 0 Å². The molecule has 0 bridgehead atoms. The first-order valence-electron chi connectivity index (χ1n) is 7.60. The molecular formula is C15H30N2O. The molecule has 0 aromatic carbocycles. The largest absolute Gasteiger partial charge is 0.379 e. The third-order valence-electron chi connectivity index (χ3n) is 4.67. The molecule has 0 aromatic heterocycles. The molecule has 2 fully saturated rings. The highest BCUT2D eigenvalue weighted by Crippen LogP contribution is 2.38. The Morgan fingerprint density at radius 2 is 2.17 bits per heavy atom. The molecule has 1 aliphatic carbocycles. The minimum Gasteiger partial charge on any atom is -0.379 e. The van der Waals surface area contributed by atoms with Crippen molar-refractivity contribution in [1.82, 2.24) is 10.2 Å². The van der Waals surface area contributed by atoms with Gasteiger partial charge in [-0.3, -0.25) is 4.90 Å². The van der Waals surface area contributed by atoms with Crippen LogP contribution in [-0.2, 0) is 4.74 Å². The lowest BCUT2D eigenvalue weighted by atomic mass is 9.72. The third kappa shape index (κ3) is 3.25. The highest BCUT2D eigenvalue weighted by Gasteiger charge is 2.39. The second-order valence-corrected chi connectivity index (χ2v) is 6.80. The lowest BCUT2D eigenvalue weighted by Gasteiger charge is -2.49. The van der Waals surface area contributed by atoms with Gasteiger partial charge in [-0.1, -0.05) is 20.8 Å². The van der Waals surface area contributed by atoms with Crippen molar-refractivity contribution in [2.24, 2.45) is 5.41 Å². The summed E-state index contributed by atoms with van der Waals surface area (Å²) in [5, 5.41) is 3.71. The van der Waals surface area contributed by atoms with Crippen LogP contribution in [0.25, 0.3) is 0 Å². The van der Waals surface area contributed by atoms with Gasteiger partial charge in [0.1, 0.15) is 0 Å². The first-order chi connectivity index (χ1) is 8.53. The molecule has 3 heteroatoms. The van der Waals surface area contributed by atoms with Crippen molar-refractivity contribution in [3.8, 4) is 0 Å². The van der Waals surface area contributed by atoms with E-state index in [2.05, 4.69) is 37.9 Å². The first-order valence-corrected chi connectivity index (χ1v) is 7.60. The maximum absolute atomic E-state index is 5.59. The molecule has 0 spiro atoms. The Kier molecular flexibility index (Phi) is 4.68. The Bertz CT molecular complexity index is 267. The Morgan fingerprint density at radius 1 is 1.39 bits per heavy atom. The predicted molar refractivity (Wildman–Crippen MR) is 75.9 cm³/mol. The molecule has 18 heavy (non-hydrogen) atoms. The van der Waals surface area contributed by atoms with Crippen LogP contribution >= 0.6 is 0 Å². The maximum Gasteiger partial charge on any atom is 0.0619 e. The number of rotatable bonds is 3. The molecule has 1 saturated carbocycles. The lowest BCUT2D eigenvalue weighted by Crippen LogP contribution is -2.59. The highest BCUT2D eigenvalue weighted by atomic mass is 16.5. The molecule has 2 aliphatic rings. The smallest absolute Gasteiger partial charge is 0.0619 e. The number of hydrogen-bond donors (Lipinski definition) is 1. The average molecular weight is 254 g/mol. The van der Waals surface area contributed by atoms with Gasteiger partial charge in [-0.2, -0.15) is 0 Å². The molecule has 0 aromatic rings. The number of morpholine rings is 1. The van der Waals surface area contributed by atoms with Crippen LogP contribution in [0.3, 0.4) is 0 Å². The van der Waals surface area contributed by atoms with Gasteiger partial charge >= 0.3 is 0 Å². The van der Waals surface area contributed by atoms with Gasteiger partial charge < -0.3 is 10.1 Å². The van der Waals surface area contributed by atoms with Crippen molar-refractivity contribution >= 4 is 0 Å². The monoisotopic (exact) mass is 254 g/mol. The summed E-state index contributed by atoms with van der Waals surface area (Å²) in [6.45, 7) is 13.4. The number of likely N-dealkylation sites (N-methyl/N-ethyl adjacent to an activating group) is 1. The summed E-state index contributed by atoms with van der Waals surface area (Å²) in [5.41, 5.74) is 0.495. The van der Waals surface area contributed by atoms with Crippen molar-refractivity contribution in [3.63, 3.8) is 0 Å². The average Bonchev–Trinajstić information content (AvgIpc) is 2.32. The van der Waals surface area contributed by atoms with Gasteiger partial charge in [-0.15, -0.1) is 0 Å². The predicted octanol–water partition coefficient (Wildman–Crippen LogP) is 2.26. The number of nitrogens with one attached hydrogen (secondary N) is 1. The molecule has 1 heterocycles. The molecule has 3 unspecified atom stereocenters. The second kappa shape index (κ2) is 5.89. The summed E-state index contributed by atoms with van der Waals surface area (Å²) in [5.74, 6) is 0. The van der Waals surface area contributed by atoms with Crippen LogP contribution in [0.1, 0.15) is 47.0 Å². The van der Waals surface area contributed by atoms with Crippen LogP contribution in [0.15, 0.2) is 0 Å². The molecular weight excluding hydrogens is 224 g/mol. The Labute approximate surface area is 112 Å². The molecule has 106 valence electrons. The zero-order chi connectivity index (χ0) is 13.2. The molecule has 2 rings (SSSR count). The zero-order valence-corrected chi connectivity index (χ0v) is 12.5. The van der Waals surface area contributed by atoms with Crippen molar-refractivity contribution < 1.29 is 4.74 Å². The fourth-order valence-corrected chi connectivity index (χ4v) is 3.63. The van der Waals surface area contributed by atoms with Crippen LogP contribution in [-0.4, -0.2) is 49.3 Å². The normalized spacial score (nSPS) is 37.7. The highest BCUT2D eigenvalue weighted by molar-refractivity contribution is 4.96. The number of hydrogen-bond acceptors (Lipinski definition) is 3. The van der Waals surface area contributed by atoms with Crippen LogP contribution < -0.4 is 5.32 Å². The van der Waals surface area contributed by atoms with E-state index in [0.29, 0.717) is 23.5 Å². The molecule has 3 nitrogen and oxygen atoms in total. The van der Waals surface area contributed by atoms with Crippen molar-refractivity contribution in [1.29, 1.82) is 0 Å². The topological polar surface area (TPSA) is 24.5 Å². The minimum absolute atomic E-state index is 0.495. The number of ether oxygens (including phenoxy) is 1. The van der Waals surface area contributed by atoms with Crippen molar-refractivity contribution in [2.45, 2.75) is 65.1 Å². The summed E-state index contributed by atoms with van der Waals surface area (Å²) >= 11 is 0. The quantitative estimate of drug-likeness (QED) is 0.836. The SMILES string of the molecule is CCNC1CCC(C)(C)CC1N1CCOCC1C. The van der Waals surface area contributed by atoms with E-state index < -0.39 is 0 Å². The zero-order valence-electron chi connectivity index (χ0n) is 12.5. The minimum atomic E-state index is 0.495. The van der Waals surface area contributed by atoms with E-state index in [0.717, 1.165) is 26.3 Å². The third-order valence-corrected chi connectivity index (χ3v) is 4.67. The summed E-state index contributed by atoms with van der Waals surface area (Å²) in [7, 11) is 0. The lowest BCUT2D eigenvalue weighted by molar-refractivity contribution is -0.0495. The molecule has 0 radical (unpaired) electrons. The fourth-order valence-electron chi connectivity index (χ4n) is 3.63. The summed E-state index contributed by atoms with van der Waals surface area (Å²) < 4.78 is 5.59. The summed E-state index contributed by atoms with van der Waals surface area (Å²) in [6, 6.07) is 1.93. The van der Waals surface area contributed by atoms with E-state index in [1.54, 1.807) is 0 Å². The van der Waals surface area contributed by atoms with E-state index in [1.807, 2.05) is 0 Å². The van der Waals surface area contributed by atoms with Crippen LogP contribution in [0.4, 0.5) is 0 Å². The van der Waals surface area contributed by atoms with Gasteiger partial charge in [0.05, 0.1) is 13.2 Å². The van der Waals surface area contributed by atoms with E-state index in [4.69, 9.17) is 4.74 Å². The van der Waals surface area contributed by atoms with Crippen LogP contribution in [0.5, 0.6) is 0 Å². The Hall–Kier alpha value is -0.120. The van der Waals surface area contributed by atoms with Crippen LogP contribution in [0.2, 0.25) is 0 Å². The van der Waals surface area contributed by atoms with E-state index >= 15 is 0 Å². The first kappa shape index (κ1) is 14.3. The second-order valence-electron chi connectivity index (χ2n) is 6.80. The van der Waals surface area contributed by atoms with E-state index in [-0.39, 0.29) is 0 Å². The molecule has 1 N–H and O–H groups in total. The molecule has 0 amide bonds. The molecule has 1 saturated heterocycles. The summed E-state index contributed by atoms with van der Waals surface area (Å²) in [6.07, 6.45) is 3.98. The molecule has 3 atom stereocenters. The Balaban J connectivity index is 2.08. The maximum atomic E-state index is 5.59. The van der Waals surface area contributed by atoms with E-state index in [1.165, 1.54) is 19.3 Å². The van der Waals surface area contributed by atoms with Crippen molar-refractivity contribution in [3.05, 3.63) is 0 Å². The van der Waals surface area contributed by atoms with Gasteiger partial charge in [-0.05, 0) is 38.1 Å². The van der Waals surface area contributed by atoms with Crippen molar-refractivity contribution in [2.75, 3.05) is 26.3 Å². The van der Waals surface area contributed by atoms with Crippen LogP contribution in [0, 0.1) is 5.41 Å². The van der Waals surface area contributed by atoms with Gasteiger partial charge in [0, 0.05) is 24.7 Å². The number of nitrogens with zero attached hydrogens (tertiary/aromatic N) is 1. The Morgan fingerprint density at radius 3 is 2.83 bits per heavy atom.